The molecule has 3 heteroatoms. The molecule has 0 saturated heterocycles. The third-order valence-corrected chi connectivity index (χ3v) is 5.01. The summed E-state index contributed by atoms with van der Waals surface area (Å²) in [6, 6.07) is 11.2. The van der Waals surface area contributed by atoms with Crippen molar-refractivity contribution in [3.8, 4) is 0 Å². The molecular weight excluding hydrogens is 282 g/mol. The Morgan fingerprint density at radius 3 is 2.55 bits per heavy atom. The van der Waals surface area contributed by atoms with Gasteiger partial charge in [0, 0.05) is 17.2 Å². The second-order valence-corrected chi connectivity index (χ2v) is 7.15. The third kappa shape index (κ3) is 5.31. The smallest absolute Gasteiger partial charge is 0.0106 e. The Balaban J connectivity index is 1.58. The molecule has 0 atom stereocenters. The van der Waals surface area contributed by atoms with Crippen LogP contribution in [0.4, 0.5) is 0 Å². The van der Waals surface area contributed by atoms with Gasteiger partial charge in [0.05, 0.1) is 0 Å². The first-order valence-electron chi connectivity index (χ1n) is 7.20. The van der Waals surface area contributed by atoms with Crippen LogP contribution in [0.2, 0.25) is 0 Å². The lowest BCUT2D eigenvalue weighted by Crippen LogP contribution is -2.19. The average Bonchev–Trinajstić information content (AvgIpc) is 2.96. The van der Waals surface area contributed by atoms with Crippen molar-refractivity contribution in [2.45, 2.75) is 31.1 Å². The van der Waals surface area contributed by atoms with Crippen LogP contribution in [-0.2, 0) is 6.42 Å². The van der Waals surface area contributed by atoms with E-state index in [1.54, 1.807) is 11.3 Å². The van der Waals surface area contributed by atoms with E-state index in [2.05, 4.69) is 60.3 Å². The maximum Gasteiger partial charge on any atom is 0.0106 e. The Bertz CT molecular complexity index is 474. The van der Waals surface area contributed by atoms with E-state index < -0.39 is 0 Å². The quantitative estimate of drug-likeness (QED) is 0.555. The van der Waals surface area contributed by atoms with Crippen molar-refractivity contribution >= 4 is 23.1 Å². The van der Waals surface area contributed by atoms with Crippen LogP contribution in [0.1, 0.15) is 30.9 Å². The van der Waals surface area contributed by atoms with Gasteiger partial charge in [0.25, 0.3) is 0 Å². The molecule has 1 aromatic carbocycles. The van der Waals surface area contributed by atoms with Gasteiger partial charge in [-0.05, 0) is 59.0 Å². The number of hydrogen-bond acceptors (Lipinski definition) is 3. The summed E-state index contributed by atoms with van der Waals surface area (Å²) in [5, 5.41) is 7.88. The number of thioether (sulfide) groups is 1. The molecule has 1 nitrogen and oxygen atoms in total. The largest absolute Gasteiger partial charge is 0.316 e. The molecule has 2 aromatic rings. The van der Waals surface area contributed by atoms with Crippen molar-refractivity contribution in [2.75, 3.05) is 18.8 Å². The standard InChI is InChI=1S/C17H23NS2/c1-14(2)16-3-5-17(6-4-16)20-12-10-18-9-7-15-8-11-19-13-15/h3-6,8,11,13-14,18H,7,9-10,12H2,1-2H3. The minimum Gasteiger partial charge on any atom is -0.316 e. The summed E-state index contributed by atoms with van der Waals surface area (Å²) in [6.45, 7) is 6.61. The molecule has 1 aromatic heterocycles. The molecule has 0 fully saturated rings. The zero-order valence-corrected chi connectivity index (χ0v) is 13.9. The first kappa shape index (κ1) is 15.6. The Morgan fingerprint density at radius 2 is 1.90 bits per heavy atom. The third-order valence-electron chi connectivity index (χ3n) is 3.26. The van der Waals surface area contributed by atoms with Gasteiger partial charge in [-0.25, -0.2) is 0 Å². The summed E-state index contributed by atoms with van der Waals surface area (Å²) in [4.78, 5) is 1.37. The minimum absolute atomic E-state index is 0.618. The molecule has 0 bridgehead atoms. The van der Waals surface area contributed by atoms with Crippen molar-refractivity contribution < 1.29 is 0 Å². The van der Waals surface area contributed by atoms with Gasteiger partial charge < -0.3 is 5.32 Å². The lowest BCUT2D eigenvalue weighted by molar-refractivity contribution is 0.722. The van der Waals surface area contributed by atoms with E-state index in [1.165, 1.54) is 16.0 Å². The predicted molar refractivity (Wildman–Crippen MR) is 92.1 cm³/mol. The molecule has 0 radical (unpaired) electrons. The molecule has 0 saturated carbocycles. The normalized spacial score (nSPS) is 11.2. The molecule has 108 valence electrons. The molecule has 0 aliphatic carbocycles. The highest BCUT2D eigenvalue weighted by Gasteiger charge is 1.99. The Labute approximate surface area is 130 Å². The van der Waals surface area contributed by atoms with E-state index in [0.717, 1.165) is 25.3 Å². The van der Waals surface area contributed by atoms with Gasteiger partial charge in [-0.1, -0.05) is 26.0 Å². The van der Waals surface area contributed by atoms with Gasteiger partial charge in [0.15, 0.2) is 0 Å². The number of nitrogens with one attached hydrogen (secondary N) is 1. The Kier molecular flexibility index (Phi) is 6.64. The monoisotopic (exact) mass is 305 g/mol. The molecule has 20 heavy (non-hydrogen) atoms. The summed E-state index contributed by atoms with van der Waals surface area (Å²) in [7, 11) is 0. The summed E-state index contributed by atoms with van der Waals surface area (Å²) in [5.41, 5.74) is 2.86. The van der Waals surface area contributed by atoms with Crippen molar-refractivity contribution in [3.63, 3.8) is 0 Å². The summed E-state index contributed by atoms with van der Waals surface area (Å²) < 4.78 is 0. The van der Waals surface area contributed by atoms with Crippen molar-refractivity contribution in [2.24, 2.45) is 0 Å². The Morgan fingerprint density at radius 1 is 1.10 bits per heavy atom. The van der Waals surface area contributed by atoms with Crippen LogP contribution in [0.5, 0.6) is 0 Å². The van der Waals surface area contributed by atoms with Crippen LogP contribution in [0.25, 0.3) is 0 Å². The molecule has 1 heterocycles. The first-order valence-corrected chi connectivity index (χ1v) is 9.13. The minimum atomic E-state index is 0.618. The van der Waals surface area contributed by atoms with Crippen LogP contribution >= 0.6 is 23.1 Å². The van der Waals surface area contributed by atoms with E-state index in [9.17, 15) is 0 Å². The van der Waals surface area contributed by atoms with E-state index >= 15 is 0 Å². The van der Waals surface area contributed by atoms with Gasteiger partial charge in [-0.3, -0.25) is 0 Å². The fourth-order valence-electron chi connectivity index (χ4n) is 1.98. The highest BCUT2D eigenvalue weighted by atomic mass is 32.2. The maximum absolute atomic E-state index is 3.51. The predicted octanol–water partition coefficient (Wildman–Crippen LogP) is 4.80. The zero-order valence-electron chi connectivity index (χ0n) is 12.3. The van der Waals surface area contributed by atoms with Crippen LogP contribution in [-0.4, -0.2) is 18.8 Å². The summed E-state index contributed by atoms with van der Waals surface area (Å²) in [5.74, 6) is 1.75. The SMILES string of the molecule is CC(C)c1ccc(SCCNCCc2ccsc2)cc1. The number of hydrogen-bond donors (Lipinski definition) is 1. The van der Waals surface area contributed by atoms with E-state index in [1.807, 2.05) is 11.8 Å². The lowest BCUT2D eigenvalue weighted by atomic mass is 10.0. The van der Waals surface area contributed by atoms with Gasteiger partial charge >= 0.3 is 0 Å². The van der Waals surface area contributed by atoms with Crippen LogP contribution in [0.15, 0.2) is 46.0 Å². The molecule has 0 aliphatic rings. The van der Waals surface area contributed by atoms with Crippen LogP contribution in [0, 0.1) is 0 Å². The second kappa shape index (κ2) is 8.50. The highest BCUT2D eigenvalue weighted by molar-refractivity contribution is 7.99. The first-order chi connectivity index (χ1) is 9.75. The zero-order chi connectivity index (χ0) is 14.2. The van der Waals surface area contributed by atoms with E-state index in [-0.39, 0.29) is 0 Å². The topological polar surface area (TPSA) is 12.0 Å². The average molecular weight is 306 g/mol. The van der Waals surface area contributed by atoms with Gasteiger partial charge in [-0.2, -0.15) is 11.3 Å². The molecule has 0 amide bonds. The van der Waals surface area contributed by atoms with E-state index in [0.29, 0.717) is 5.92 Å². The molecule has 1 N–H and O–H groups in total. The van der Waals surface area contributed by atoms with E-state index in [4.69, 9.17) is 0 Å². The van der Waals surface area contributed by atoms with Crippen LogP contribution < -0.4 is 5.32 Å². The highest BCUT2D eigenvalue weighted by Crippen LogP contribution is 2.21. The fraction of sp³-hybridized carbons (Fsp3) is 0.412. The summed E-state index contributed by atoms with van der Waals surface area (Å²) in [6.07, 6.45) is 1.14. The van der Waals surface area contributed by atoms with Gasteiger partial charge in [0.1, 0.15) is 0 Å². The number of rotatable bonds is 8. The molecular formula is C17H23NS2. The van der Waals surface area contributed by atoms with Crippen molar-refractivity contribution in [3.05, 3.63) is 52.2 Å². The van der Waals surface area contributed by atoms with Crippen molar-refractivity contribution in [1.29, 1.82) is 0 Å². The molecule has 0 unspecified atom stereocenters. The number of benzene rings is 1. The van der Waals surface area contributed by atoms with Gasteiger partial charge in [-0.15, -0.1) is 11.8 Å². The summed E-state index contributed by atoms with van der Waals surface area (Å²) >= 11 is 3.70. The molecule has 2 rings (SSSR count). The molecule has 0 spiro atoms. The number of thiophene rings is 1. The fourth-order valence-corrected chi connectivity index (χ4v) is 3.50. The van der Waals surface area contributed by atoms with Gasteiger partial charge in [0.2, 0.25) is 0 Å². The second-order valence-electron chi connectivity index (χ2n) is 5.20. The lowest BCUT2D eigenvalue weighted by Gasteiger charge is -2.07. The Hall–Kier alpha value is -0.770. The van der Waals surface area contributed by atoms with Crippen molar-refractivity contribution in [1.82, 2.24) is 5.32 Å². The van der Waals surface area contributed by atoms with Crippen LogP contribution in [0.3, 0.4) is 0 Å². The molecule has 0 aliphatic heterocycles. The maximum atomic E-state index is 3.51.